The Bertz CT molecular complexity index is 582. The van der Waals surface area contributed by atoms with Crippen molar-refractivity contribution in [1.29, 1.82) is 0 Å². The molecule has 0 fully saturated rings. The molecule has 2 rings (SSSR count). The van der Waals surface area contributed by atoms with Crippen LogP contribution in [0, 0.1) is 0 Å². The first-order chi connectivity index (χ1) is 10.9. The fraction of sp³-hybridized carbons (Fsp3) is 0.529. The van der Waals surface area contributed by atoms with Crippen molar-refractivity contribution in [2.24, 2.45) is 5.73 Å². The van der Waals surface area contributed by atoms with Crippen molar-refractivity contribution in [2.45, 2.75) is 32.4 Å². The summed E-state index contributed by atoms with van der Waals surface area (Å²) in [6.45, 7) is 6.51. The highest BCUT2D eigenvalue weighted by molar-refractivity contribution is 5.86. The predicted molar refractivity (Wildman–Crippen MR) is 104 cm³/mol. The van der Waals surface area contributed by atoms with Crippen LogP contribution in [0.5, 0.6) is 0 Å². The number of nitrogens with one attached hydrogen (secondary N) is 2. The topological polar surface area (TPSA) is 87.5 Å². The Hall–Kier alpha value is -1.34. The van der Waals surface area contributed by atoms with Crippen LogP contribution < -0.4 is 16.4 Å². The van der Waals surface area contributed by atoms with Crippen LogP contribution in [0.2, 0.25) is 0 Å². The number of fused-ring (bicyclic) bond motifs is 1. The summed E-state index contributed by atoms with van der Waals surface area (Å²) in [4.78, 5) is 25.2. The molecule has 0 spiro atoms. The Morgan fingerprint density at radius 1 is 1.12 bits per heavy atom. The van der Waals surface area contributed by atoms with Gasteiger partial charge in [0.15, 0.2) is 0 Å². The standard InChI is InChI=1S/C17H26N4O2.2ClH/c1-17(2,12-20-16(23)10-19-15(22)9-18)21-8-7-13-5-3-4-6-14(13)11-21;;/h3-6H,7-12,18H2,1-2H3,(H,19,22)(H,20,23);2*1H. The molecule has 0 radical (unpaired) electrons. The summed E-state index contributed by atoms with van der Waals surface area (Å²) < 4.78 is 0. The van der Waals surface area contributed by atoms with Crippen LogP contribution in [0.15, 0.2) is 24.3 Å². The van der Waals surface area contributed by atoms with Crippen molar-refractivity contribution in [1.82, 2.24) is 15.5 Å². The Morgan fingerprint density at radius 3 is 2.40 bits per heavy atom. The number of nitrogens with two attached hydrogens (primary N) is 1. The second-order valence-corrected chi connectivity index (χ2v) is 6.51. The molecule has 1 heterocycles. The number of hydrogen-bond donors (Lipinski definition) is 3. The zero-order valence-electron chi connectivity index (χ0n) is 14.7. The summed E-state index contributed by atoms with van der Waals surface area (Å²) >= 11 is 0. The average Bonchev–Trinajstić information content (AvgIpc) is 2.57. The molecule has 0 saturated heterocycles. The molecule has 1 aliphatic heterocycles. The van der Waals surface area contributed by atoms with Gasteiger partial charge in [0.2, 0.25) is 11.8 Å². The number of benzene rings is 1. The van der Waals surface area contributed by atoms with Gasteiger partial charge in [-0.15, -0.1) is 24.8 Å². The normalized spacial score (nSPS) is 13.7. The third-order valence-corrected chi connectivity index (χ3v) is 4.34. The van der Waals surface area contributed by atoms with Gasteiger partial charge in [-0.25, -0.2) is 0 Å². The molecule has 6 nitrogen and oxygen atoms in total. The van der Waals surface area contributed by atoms with Crippen molar-refractivity contribution in [3.8, 4) is 0 Å². The van der Waals surface area contributed by atoms with Gasteiger partial charge >= 0.3 is 0 Å². The summed E-state index contributed by atoms with van der Waals surface area (Å²) in [5.74, 6) is -0.524. The van der Waals surface area contributed by atoms with E-state index in [9.17, 15) is 9.59 Å². The molecule has 1 aliphatic rings. The first kappa shape index (κ1) is 23.7. The molecule has 0 bridgehead atoms. The van der Waals surface area contributed by atoms with Gasteiger partial charge in [-0.2, -0.15) is 0 Å². The van der Waals surface area contributed by atoms with Crippen molar-refractivity contribution in [3.63, 3.8) is 0 Å². The largest absolute Gasteiger partial charge is 0.353 e. The van der Waals surface area contributed by atoms with E-state index in [2.05, 4.69) is 53.6 Å². The molecule has 142 valence electrons. The van der Waals surface area contributed by atoms with E-state index < -0.39 is 0 Å². The van der Waals surface area contributed by atoms with Gasteiger partial charge in [0.25, 0.3) is 0 Å². The first-order valence-corrected chi connectivity index (χ1v) is 7.97. The number of halogens is 2. The van der Waals surface area contributed by atoms with Crippen LogP contribution in [-0.2, 0) is 22.6 Å². The minimum atomic E-state index is -0.327. The molecule has 8 heteroatoms. The number of nitrogens with zero attached hydrogens (tertiary/aromatic N) is 1. The molecule has 0 saturated carbocycles. The van der Waals surface area contributed by atoms with Crippen LogP contribution in [0.1, 0.15) is 25.0 Å². The predicted octanol–water partition coefficient (Wildman–Crippen LogP) is 0.858. The Balaban J connectivity index is 0.00000288. The molecule has 1 aromatic carbocycles. The van der Waals surface area contributed by atoms with Gasteiger partial charge in [0.05, 0.1) is 13.1 Å². The molecular weight excluding hydrogens is 363 g/mol. The molecule has 0 aliphatic carbocycles. The van der Waals surface area contributed by atoms with Crippen molar-refractivity contribution < 1.29 is 9.59 Å². The first-order valence-electron chi connectivity index (χ1n) is 7.97. The van der Waals surface area contributed by atoms with Crippen LogP contribution >= 0.6 is 24.8 Å². The Kier molecular flexibility index (Phi) is 10.0. The van der Waals surface area contributed by atoms with Gasteiger partial charge in [0.1, 0.15) is 0 Å². The van der Waals surface area contributed by atoms with E-state index in [0.717, 1.165) is 19.5 Å². The van der Waals surface area contributed by atoms with Gasteiger partial charge in [-0.05, 0) is 31.4 Å². The summed E-state index contributed by atoms with van der Waals surface area (Å²) in [5.41, 5.74) is 7.80. The van der Waals surface area contributed by atoms with Crippen molar-refractivity contribution in [2.75, 3.05) is 26.2 Å². The van der Waals surface area contributed by atoms with E-state index in [1.807, 2.05) is 0 Å². The van der Waals surface area contributed by atoms with Gasteiger partial charge in [-0.1, -0.05) is 24.3 Å². The number of carbonyl (C=O) groups excluding carboxylic acids is 2. The summed E-state index contributed by atoms with van der Waals surface area (Å²) in [6, 6.07) is 8.49. The molecule has 2 amide bonds. The highest BCUT2D eigenvalue weighted by Crippen LogP contribution is 2.24. The maximum absolute atomic E-state index is 11.8. The Morgan fingerprint density at radius 2 is 1.76 bits per heavy atom. The average molecular weight is 391 g/mol. The van der Waals surface area contributed by atoms with E-state index in [1.54, 1.807) is 0 Å². The third-order valence-electron chi connectivity index (χ3n) is 4.34. The second kappa shape index (κ2) is 10.6. The second-order valence-electron chi connectivity index (χ2n) is 6.51. The molecule has 0 aromatic heterocycles. The van der Waals surface area contributed by atoms with E-state index in [0.29, 0.717) is 6.54 Å². The molecular formula is C17H28Cl2N4O2. The lowest BCUT2D eigenvalue weighted by atomic mass is 9.94. The number of rotatable bonds is 6. The highest BCUT2D eigenvalue weighted by atomic mass is 35.5. The van der Waals surface area contributed by atoms with E-state index >= 15 is 0 Å². The zero-order valence-corrected chi connectivity index (χ0v) is 16.3. The maximum atomic E-state index is 11.8. The minimum absolute atomic E-state index is 0. The molecule has 4 N–H and O–H groups in total. The van der Waals surface area contributed by atoms with E-state index in [-0.39, 0.29) is 55.3 Å². The van der Waals surface area contributed by atoms with Crippen molar-refractivity contribution >= 4 is 36.6 Å². The number of hydrogen-bond acceptors (Lipinski definition) is 4. The summed E-state index contributed by atoms with van der Waals surface area (Å²) in [6.07, 6.45) is 1.03. The summed E-state index contributed by atoms with van der Waals surface area (Å²) in [5, 5.41) is 5.36. The molecule has 1 aromatic rings. The van der Waals surface area contributed by atoms with E-state index in [1.165, 1.54) is 11.1 Å². The SMILES string of the molecule is CC(C)(CNC(=O)CNC(=O)CN)N1CCc2ccccc2C1.Cl.Cl. The minimum Gasteiger partial charge on any atom is -0.353 e. The quantitative estimate of drug-likeness (QED) is 0.671. The molecule has 25 heavy (non-hydrogen) atoms. The highest BCUT2D eigenvalue weighted by Gasteiger charge is 2.29. The monoisotopic (exact) mass is 390 g/mol. The fourth-order valence-corrected chi connectivity index (χ4v) is 2.75. The van der Waals surface area contributed by atoms with Gasteiger partial charge < -0.3 is 16.4 Å². The van der Waals surface area contributed by atoms with Crippen LogP contribution in [0.25, 0.3) is 0 Å². The maximum Gasteiger partial charge on any atom is 0.239 e. The lowest BCUT2D eigenvalue weighted by Crippen LogP contribution is -2.54. The van der Waals surface area contributed by atoms with Crippen LogP contribution in [-0.4, -0.2) is 48.4 Å². The van der Waals surface area contributed by atoms with E-state index in [4.69, 9.17) is 5.73 Å². The lowest BCUT2D eigenvalue weighted by Gasteiger charge is -2.41. The summed E-state index contributed by atoms with van der Waals surface area (Å²) in [7, 11) is 0. The zero-order chi connectivity index (χ0) is 16.9. The lowest BCUT2D eigenvalue weighted by molar-refractivity contribution is -0.125. The fourth-order valence-electron chi connectivity index (χ4n) is 2.75. The number of carbonyl (C=O) groups is 2. The third kappa shape index (κ3) is 6.82. The smallest absolute Gasteiger partial charge is 0.239 e. The van der Waals surface area contributed by atoms with Gasteiger partial charge in [-0.3, -0.25) is 14.5 Å². The molecule has 0 unspecified atom stereocenters. The van der Waals surface area contributed by atoms with Crippen LogP contribution in [0.4, 0.5) is 0 Å². The number of amides is 2. The molecule has 0 atom stereocenters. The Labute approximate surface area is 161 Å². The van der Waals surface area contributed by atoms with Crippen molar-refractivity contribution in [3.05, 3.63) is 35.4 Å². The van der Waals surface area contributed by atoms with Crippen LogP contribution in [0.3, 0.4) is 0 Å². The van der Waals surface area contributed by atoms with Gasteiger partial charge in [0, 0.05) is 25.2 Å².